The standard InChI is InChI=1S/2C15H24N2.C6H5.C2H2.2ClH.Ru/c2*1-3-7-14(8-4-1)16-11-12-17(13-16)15-9-5-2-6-10-15;1-2-4-6-5-3-1;1-2;;;/h2*11-12,14-15H,1-10H2;1-5H;1H2;2*1H;. The van der Waals surface area contributed by atoms with Gasteiger partial charge in [-0.05, 0) is 0 Å². The molecule has 0 radical (unpaired) electrons. The fourth-order valence-electron chi connectivity index (χ4n) is 8.87. The topological polar surface area (TPSA) is 19.7 Å². The Labute approximate surface area is 285 Å². The summed E-state index contributed by atoms with van der Waals surface area (Å²) in [5, 5.41) is 0. The van der Waals surface area contributed by atoms with Crippen LogP contribution < -0.4 is 4.16 Å². The fraction of sp³-hybridized carbons (Fsp3) is 0.632. The summed E-state index contributed by atoms with van der Waals surface area (Å²) in [7, 11) is 0. The Kier molecular flexibility index (Phi) is 12.4. The number of halogens is 2. The molecule has 0 amide bonds. The molecule has 251 valence electrons. The van der Waals surface area contributed by atoms with E-state index in [1.807, 2.05) is 0 Å². The molecule has 4 aliphatic rings. The minimum atomic E-state index is -3.32. The van der Waals surface area contributed by atoms with Crippen molar-refractivity contribution in [3.8, 4) is 0 Å². The van der Waals surface area contributed by atoms with Crippen molar-refractivity contribution in [2.24, 2.45) is 0 Å². The third-order valence-electron chi connectivity index (χ3n) is 11.2. The number of hydrogen-bond donors (Lipinski definition) is 0. The van der Waals surface area contributed by atoms with Crippen molar-refractivity contribution in [2.45, 2.75) is 153 Å². The van der Waals surface area contributed by atoms with Gasteiger partial charge in [0.2, 0.25) is 0 Å². The second kappa shape index (κ2) is 16.1. The van der Waals surface area contributed by atoms with Gasteiger partial charge in [0.25, 0.3) is 0 Å². The predicted molar refractivity (Wildman–Crippen MR) is 191 cm³/mol. The van der Waals surface area contributed by atoms with E-state index in [9.17, 15) is 0 Å². The Balaban J connectivity index is 0.00000200. The van der Waals surface area contributed by atoms with Gasteiger partial charge >= 0.3 is 262 Å². The molecule has 45 heavy (non-hydrogen) atoms. The second-order valence-corrected chi connectivity index (χ2v) is 19.6. The zero-order valence-corrected chi connectivity index (χ0v) is 30.7. The van der Waals surface area contributed by atoms with Crippen LogP contribution in [0.3, 0.4) is 0 Å². The fourth-order valence-corrected chi connectivity index (χ4v) is 16.7. The molecule has 3 aromatic rings. The van der Waals surface area contributed by atoms with Gasteiger partial charge in [-0.2, -0.15) is 0 Å². The van der Waals surface area contributed by atoms with E-state index in [1.165, 1.54) is 133 Å². The third kappa shape index (κ3) is 6.76. The first-order chi connectivity index (χ1) is 21.3. The van der Waals surface area contributed by atoms with Gasteiger partial charge in [0.05, 0.1) is 0 Å². The van der Waals surface area contributed by atoms with Gasteiger partial charge in [-0.25, -0.2) is 0 Å². The molecule has 7 heteroatoms. The molecule has 0 unspecified atom stereocenters. The van der Waals surface area contributed by atoms with Gasteiger partial charge in [0.1, 0.15) is 0 Å². The maximum atomic E-state index is 4.76. The van der Waals surface area contributed by atoms with E-state index in [4.69, 9.17) is 6.58 Å². The van der Waals surface area contributed by atoms with Crippen molar-refractivity contribution in [1.29, 1.82) is 0 Å². The minimum absolute atomic E-state index is 0. The van der Waals surface area contributed by atoms with Crippen molar-refractivity contribution in [3.63, 3.8) is 0 Å². The van der Waals surface area contributed by atoms with Crippen LogP contribution in [0.2, 0.25) is 0 Å². The van der Waals surface area contributed by atoms with Gasteiger partial charge < -0.3 is 0 Å². The molecule has 0 aliphatic heterocycles. The number of nitrogens with zero attached hydrogens (tertiary/aromatic N) is 4. The van der Waals surface area contributed by atoms with Crippen LogP contribution in [-0.4, -0.2) is 22.5 Å². The molecule has 7 rings (SSSR count). The summed E-state index contributed by atoms with van der Waals surface area (Å²) in [5.74, 6) is 0. The Morgan fingerprint density at radius 2 is 0.756 bits per heavy atom. The van der Waals surface area contributed by atoms with E-state index >= 15 is 0 Å². The summed E-state index contributed by atoms with van der Waals surface area (Å²) < 4.78 is 20.0. The SMILES string of the molecule is C=[C]=[Ru]([c]1ccccc1)(=[c]1n(C2CCCCC2)ccn1C1CCCCC1)=[c]1n(C2CCCCC2)ccn1C1CCCCC1.Cl.Cl. The first-order valence-electron chi connectivity index (χ1n) is 17.9. The zero-order valence-electron chi connectivity index (χ0n) is 27.3. The van der Waals surface area contributed by atoms with Crippen LogP contribution in [0.1, 0.15) is 153 Å². The number of aromatic nitrogens is 4. The van der Waals surface area contributed by atoms with Crippen LogP contribution in [0.15, 0.2) is 61.7 Å². The van der Waals surface area contributed by atoms with Crippen LogP contribution in [0.4, 0.5) is 0 Å². The molecule has 4 nitrogen and oxygen atoms in total. The molecule has 2 heterocycles. The number of benzene rings is 1. The van der Waals surface area contributed by atoms with Gasteiger partial charge in [-0.15, -0.1) is 24.8 Å². The van der Waals surface area contributed by atoms with Gasteiger partial charge in [0.15, 0.2) is 0 Å². The van der Waals surface area contributed by atoms with Crippen molar-refractivity contribution < 1.29 is 13.4 Å². The van der Waals surface area contributed by atoms with E-state index in [2.05, 4.69) is 77.7 Å². The molecule has 0 spiro atoms. The number of imidazole rings is 2. The largest absolute Gasteiger partial charge is 0.147 e. The van der Waals surface area contributed by atoms with E-state index in [1.54, 1.807) is 8.03 Å². The Morgan fingerprint density at radius 1 is 0.467 bits per heavy atom. The normalized spacial score (nSPS) is 21.1. The summed E-state index contributed by atoms with van der Waals surface area (Å²) in [4.78, 5) is 0. The van der Waals surface area contributed by atoms with Crippen molar-refractivity contribution in [2.75, 3.05) is 0 Å². The zero-order chi connectivity index (χ0) is 29.1. The van der Waals surface area contributed by atoms with Crippen LogP contribution in [0.25, 0.3) is 0 Å². The average molecular weight is 742 g/mol. The van der Waals surface area contributed by atoms with Crippen molar-refractivity contribution >= 4 is 33.2 Å². The summed E-state index contributed by atoms with van der Waals surface area (Å²) in [6, 6.07) is 14.1. The number of rotatable bonds is 5. The molecular formula is C38H57Cl2N4Ru. The number of hydrogen-bond acceptors (Lipinski definition) is 0. The summed E-state index contributed by atoms with van der Waals surface area (Å²) in [6.45, 7) is 4.76. The molecular weight excluding hydrogens is 684 g/mol. The van der Waals surface area contributed by atoms with Gasteiger partial charge in [-0.3, -0.25) is 0 Å². The maximum Gasteiger partial charge on any atom is -0.147 e. The Bertz CT molecular complexity index is 1500. The predicted octanol–water partition coefficient (Wildman–Crippen LogP) is 10.6. The quantitative estimate of drug-likeness (QED) is 0.232. The molecule has 4 fully saturated rings. The van der Waals surface area contributed by atoms with Gasteiger partial charge in [-0.1, -0.05) is 0 Å². The molecule has 4 saturated carbocycles. The van der Waals surface area contributed by atoms with Crippen molar-refractivity contribution in [3.05, 3.63) is 69.7 Å². The first-order valence-corrected chi connectivity index (χ1v) is 21.3. The van der Waals surface area contributed by atoms with Crippen LogP contribution in [0.5, 0.6) is 0 Å². The summed E-state index contributed by atoms with van der Waals surface area (Å²) >= 11 is -3.32. The Morgan fingerprint density at radius 3 is 1.02 bits per heavy atom. The van der Waals surface area contributed by atoms with Crippen LogP contribution >= 0.6 is 24.8 Å². The van der Waals surface area contributed by atoms with Crippen LogP contribution in [-0.2, 0) is 13.4 Å². The smallest absolute Gasteiger partial charge is 0.147 e. The molecule has 0 atom stereocenters. The average Bonchev–Trinajstić information content (AvgIpc) is 3.74. The van der Waals surface area contributed by atoms with E-state index in [-0.39, 0.29) is 24.8 Å². The molecule has 0 N–H and O–H groups in total. The second-order valence-electron chi connectivity index (χ2n) is 13.8. The van der Waals surface area contributed by atoms with E-state index in [0.29, 0.717) is 24.2 Å². The summed E-state index contributed by atoms with van der Waals surface area (Å²) in [6.07, 6.45) is 36.9. The van der Waals surface area contributed by atoms with E-state index in [0.717, 1.165) is 0 Å². The molecule has 0 saturated heterocycles. The third-order valence-corrected chi connectivity index (χ3v) is 18.3. The summed E-state index contributed by atoms with van der Waals surface area (Å²) in [5.41, 5.74) is 0. The molecule has 0 bridgehead atoms. The maximum absolute atomic E-state index is 4.76. The first kappa shape index (κ1) is 34.8. The molecule has 2 aromatic heterocycles. The monoisotopic (exact) mass is 741 g/mol. The van der Waals surface area contributed by atoms with Crippen molar-refractivity contribution in [1.82, 2.24) is 18.3 Å². The van der Waals surface area contributed by atoms with Gasteiger partial charge in [0, 0.05) is 0 Å². The van der Waals surface area contributed by atoms with E-state index < -0.39 is 13.4 Å². The molecule has 4 aliphatic carbocycles. The Hall–Kier alpha value is -1.51. The van der Waals surface area contributed by atoms with Crippen LogP contribution in [0, 0.1) is 8.03 Å². The minimum Gasteiger partial charge on any atom is -0.147 e. The molecule has 1 aromatic carbocycles.